The quantitative estimate of drug-likeness (QED) is 0.113. The van der Waals surface area contributed by atoms with Crippen LogP contribution in [0.5, 0.6) is 5.75 Å². The summed E-state index contributed by atoms with van der Waals surface area (Å²) in [6.45, 7) is 5.21. The van der Waals surface area contributed by atoms with Crippen LogP contribution < -0.4 is 16.0 Å². The SMILES string of the molecule is COC1C=C/C=C/C=C/CC(OC(=O)C(C)NC(=O)C2=CCCCC2)C(C)C(O)/C(C)=C\CCc2c(O)c(cc3c2SCC(=O)N3)NC(=O)C1. The van der Waals surface area contributed by atoms with E-state index in [-0.39, 0.29) is 41.3 Å². The van der Waals surface area contributed by atoms with Crippen molar-refractivity contribution in [2.45, 2.75) is 101 Å². The fourth-order valence-electron chi connectivity index (χ4n) is 6.04. The lowest BCUT2D eigenvalue weighted by Gasteiger charge is -2.29. The second-order valence-electron chi connectivity index (χ2n) is 12.9. The van der Waals surface area contributed by atoms with Crippen molar-refractivity contribution in [3.05, 3.63) is 71.4 Å². The molecule has 0 fully saturated rings. The van der Waals surface area contributed by atoms with Gasteiger partial charge in [-0.1, -0.05) is 55.5 Å². The summed E-state index contributed by atoms with van der Waals surface area (Å²) in [5.74, 6) is -1.80. The zero-order valence-corrected chi connectivity index (χ0v) is 30.0. The van der Waals surface area contributed by atoms with Gasteiger partial charge in [0.1, 0.15) is 17.9 Å². The molecule has 5 unspecified atom stereocenters. The van der Waals surface area contributed by atoms with E-state index in [1.165, 1.54) is 18.9 Å². The average molecular weight is 708 g/mol. The number of nitrogens with one attached hydrogen (secondary N) is 3. The van der Waals surface area contributed by atoms with Crippen LogP contribution in [0.2, 0.25) is 0 Å². The summed E-state index contributed by atoms with van der Waals surface area (Å²) in [5, 5.41) is 31.1. The number of aromatic hydroxyl groups is 1. The van der Waals surface area contributed by atoms with Crippen molar-refractivity contribution < 1.29 is 38.9 Å². The first-order chi connectivity index (χ1) is 24.0. The van der Waals surface area contributed by atoms with E-state index < -0.39 is 36.2 Å². The summed E-state index contributed by atoms with van der Waals surface area (Å²) in [6, 6.07) is 0.684. The number of phenolic OH excluding ortho intramolecular Hbond substituents is 1. The van der Waals surface area contributed by atoms with Gasteiger partial charge in [0, 0.05) is 35.5 Å². The predicted octanol–water partition coefficient (Wildman–Crippen LogP) is 5.65. The van der Waals surface area contributed by atoms with Gasteiger partial charge in [-0.3, -0.25) is 14.4 Å². The maximum absolute atomic E-state index is 13.2. The lowest BCUT2D eigenvalue weighted by atomic mass is 9.90. The summed E-state index contributed by atoms with van der Waals surface area (Å²) in [5.41, 5.74) is 2.61. The number of aliphatic hydroxyl groups is 1. The van der Waals surface area contributed by atoms with Crippen LogP contribution in [0.3, 0.4) is 0 Å². The number of thioether (sulfide) groups is 1. The highest BCUT2D eigenvalue weighted by molar-refractivity contribution is 8.00. The lowest BCUT2D eigenvalue weighted by molar-refractivity contribution is -0.156. The van der Waals surface area contributed by atoms with Crippen molar-refractivity contribution in [1.29, 1.82) is 0 Å². The van der Waals surface area contributed by atoms with Crippen LogP contribution in [0.15, 0.2) is 70.7 Å². The molecule has 3 amide bonds. The monoisotopic (exact) mass is 707 g/mol. The Morgan fingerprint density at radius 3 is 2.52 bits per heavy atom. The van der Waals surface area contributed by atoms with Gasteiger partial charge < -0.3 is 35.6 Å². The van der Waals surface area contributed by atoms with Crippen molar-refractivity contribution in [3.8, 4) is 5.75 Å². The molecule has 50 heavy (non-hydrogen) atoms. The highest BCUT2D eigenvalue weighted by atomic mass is 32.2. The van der Waals surface area contributed by atoms with E-state index in [9.17, 15) is 29.4 Å². The molecule has 270 valence electrons. The topological polar surface area (TPSA) is 163 Å². The fraction of sp³-hybridized carbons (Fsp3) is 0.474. The molecule has 0 radical (unpaired) electrons. The molecule has 1 aromatic rings. The van der Waals surface area contributed by atoms with Crippen LogP contribution in [0.25, 0.3) is 0 Å². The number of hydrogen-bond donors (Lipinski definition) is 5. The molecular formula is C38H49N3O8S. The molecule has 0 saturated heterocycles. The molecule has 5 atom stereocenters. The molecular weight excluding hydrogens is 658 g/mol. The molecule has 5 N–H and O–H groups in total. The van der Waals surface area contributed by atoms with E-state index in [2.05, 4.69) is 16.0 Å². The minimum atomic E-state index is -0.959. The molecule has 2 bridgehead atoms. The van der Waals surface area contributed by atoms with Crippen molar-refractivity contribution in [3.63, 3.8) is 0 Å². The van der Waals surface area contributed by atoms with Crippen molar-refractivity contribution in [2.75, 3.05) is 23.5 Å². The molecule has 12 heteroatoms. The lowest BCUT2D eigenvalue weighted by Crippen LogP contribution is -2.43. The van der Waals surface area contributed by atoms with Gasteiger partial charge in [-0.05, 0) is 64.0 Å². The largest absolute Gasteiger partial charge is 0.505 e. The van der Waals surface area contributed by atoms with Gasteiger partial charge in [-0.15, -0.1) is 11.8 Å². The summed E-state index contributed by atoms with van der Waals surface area (Å²) in [6.07, 6.45) is 16.9. The Hall–Kier alpha value is -4.13. The van der Waals surface area contributed by atoms with Gasteiger partial charge >= 0.3 is 5.97 Å². The first kappa shape index (κ1) is 38.7. The van der Waals surface area contributed by atoms with E-state index in [1.54, 1.807) is 50.3 Å². The standard InChI is InChI=1S/C38H49N3O8S/c1-23-14-13-18-28-35(45)29(21-30-36(28)50-22-33(43)41-30)40-32(42)20-27(48-4)17-11-6-5-7-12-19-31(24(2)34(23)44)49-38(47)25(3)39-37(46)26-15-9-8-10-16-26/h5-7,11-12,14-15,17,21,24-25,27,31,34,44-45H,8-10,13,16,18-20,22H2,1-4H3,(H,39,46)(H,40,42)(H,41,43)/b6-5+,12-7+,17-11?,23-14-. The first-order valence-electron chi connectivity index (χ1n) is 17.2. The zero-order chi connectivity index (χ0) is 36.2. The number of fused-ring (bicyclic) bond motifs is 4. The predicted molar refractivity (Wildman–Crippen MR) is 195 cm³/mol. The minimum Gasteiger partial charge on any atom is -0.505 e. The third-order valence-corrected chi connectivity index (χ3v) is 10.2. The van der Waals surface area contributed by atoms with Gasteiger partial charge in [-0.2, -0.15) is 0 Å². The smallest absolute Gasteiger partial charge is 0.328 e. The number of esters is 1. The normalized spacial score (nSPS) is 26.7. The minimum absolute atomic E-state index is 0.00905. The van der Waals surface area contributed by atoms with Crippen molar-refractivity contribution in [2.24, 2.45) is 5.92 Å². The third kappa shape index (κ3) is 10.7. The van der Waals surface area contributed by atoms with Gasteiger partial charge in [0.05, 0.1) is 35.8 Å². The highest BCUT2D eigenvalue weighted by Gasteiger charge is 2.31. The van der Waals surface area contributed by atoms with Gasteiger partial charge in [0.25, 0.3) is 0 Å². The van der Waals surface area contributed by atoms with E-state index in [0.717, 1.165) is 24.2 Å². The Labute approximate surface area is 298 Å². The summed E-state index contributed by atoms with van der Waals surface area (Å²) >= 11 is 1.32. The van der Waals surface area contributed by atoms with Crippen LogP contribution in [-0.4, -0.2) is 71.1 Å². The molecule has 0 aromatic heterocycles. The summed E-state index contributed by atoms with van der Waals surface area (Å²) in [4.78, 5) is 51.9. The number of carbonyl (C=O) groups is 4. The fourth-order valence-corrected chi connectivity index (χ4v) is 7.02. The second-order valence-corrected chi connectivity index (χ2v) is 13.8. The number of benzene rings is 1. The van der Waals surface area contributed by atoms with Crippen molar-refractivity contribution in [1.82, 2.24) is 5.32 Å². The summed E-state index contributed by atoms with van der Waals surface area (Å²) in [7, 11) is 1.50. The molecule has 3 aliphatic rings. The van der Waals surface area contributed by atoms with Crippen LogP contribution in [0.4, 0.5) is 11.4 Å². The van der Waals surface area contributed by atoms with Crippen LogP contribution >= 0.6 is 11.8 Å². The summed E-state index contributed by atoms with van der Waals surface area (Å²) < 4.78 is 11.4. The Morgan fingerprint density at radius 1 is 1.02 bits per heavy atom. The maximum atomic E-state index is 13.2. The first-order valence-corrected chi connectivity index (χ1v) is 18.2. The number of ether oxygens (including phenoxy) is 2. The number of carbonyl (C=O) groups excluding carboxylic acids is 4. The average Bonchev–Trinajstić information content (AvgIpc) is 3.10. The van der Waals surface area contributed by atoms with E-state index in [4.69, 9.17) is 9.47 Å². The Bertz CT molecular complexity index is 1580. The Balaban J connectivity index is 1.59. The number of allylic oxidation sites excluding steroid dienone is 6. The Morgan fingerprint density at radius 2 is 1.78 bits per heavy atom. The number of phenols is 1. The number of rotatable bonds is 5. The highest BCUT2D eigenvalue weighted by Crippen LogP contribution is 2.44. The molecule has 1 aromatic carbocycles. The van der Waals surface area contributed by atoms with Crippen LogP contribution in [0.1, 0.15) is 71.3 Å². The second kappa shape index (κ2) is 18.7. The molecule has 1 aliphatic carbocycles. The molecule has 2 heterocycles. The van der Waals surface area contributed by atoms with Gasteiger partial charge in [0.2, 0.25) is 17.7 Å². The molecule has 0 saturated carbocycles. The molecule has 4 rings (SSSR count). The van der Waals surface area contributed by atoms with E-state index >= 15 is 0 Å². The number of hydrogen-bond acceptors (Lipinski definition) is 9. The third-order valence-electron chi connectivity index (χ3n) is 9.06. The number of anilines is 2. The van der Waals surface area contributed by atoms with E-state index in [1.807, 2.05) is 25.2 Å². The molecule has 2 aliphatic heterocycles. The number of amides is 3. The Kier molecular flexibility index (Phi) is 14.5. The van der Waals surface area contributed by atoms with Crippen molar-refractivity contribution >= 4 is 46.8 Å². The van der Waals surface area contributed by atoms with Gasteiger partial charge in [-0.25, -0.2) is 4.79 Å². The van der Waals surface area contributed by atoms with Crippen LogP contribution in [-0.2, 0) is 35.1 Å². The molecule has 0 spiro atoms. The number of aliphatic hydroxyl groups excluding tert-OH is 1. The zero-order valence-electron chi connectivity index (χ0n) is 29.2. The molecule has 11 nitrogen and oxygen atoms in total. The van der Waals surface area contributed by atoms with Crippen LogP contribution in [0, 0.1) is 5.92 Å². The maximum Gasteiger partial charge on any atom is 0.328 e. The van der Waals surface area contributed by atoms with Gasteiger partial charge in [0.15, 0.2) is 0 Å². The number of methoxy groups -OCH3 is 1. The van der Waals surface area contributed by atoms with E-state index in [0.29, 0.717) is 48.1 Å².